The molecule has 116 valence electrons. The number of aliphatic hydroxyl groups is 1. The van der Waals surface area contributed by atoms with E-state index in [-0.39, 0.29) is 36.2 Å². The van der Waals surface area contributed by atoms with Crippen LogP contribution >= 0.6 is 15.6 Å². The molecule has 0 fully saturated rings. The number of rotatable bonds is 0. The Labute approximate surface area is 137 Å². The number of hydrogen-bond donors (Lipinski definition) is 7. The van der Waals surface area contributed by atoms with Gasteiger partial charge < -0.3 is 34.5 Å². The van der Waals surface area contributed by atoms with E-state index in [1.807, 2.05) is 18.2 Å². The Balaban J connectivity index is -0.0000000864. The van der Waals surface area contributed by atoms with Crippen molar-refractivity contribution in [1.82, 2.24) is 4.98 Å². The molecule has 0 spiro atoms. The van der Waals surface area contributed by atoms with Gasteiger partial charge in [-0.05, 0) is 19.1 Å². The standard InChI is InChI=1S/C5H5N.C2H6O.Na.2H3O4P.H/c1-2-4-6-5-3-1;1-2-3;;2*1-5(2,3)4;/h1-5H;3H,2H2,1H3;;2*(H3,1,2,3,4);. The third-order valence-electron chi connectivity index (χ3n) is 0.566. The molecule has 1 aromatic heterocycles. The van der Waals surface area contributed by atoms with Crippen molar-refractivity contribution in [3.63, 3.8) is 0 Å². The first-order chi connectivity index (χ1) is 8.41. The molecule has 0 unspecified atom stereocenters. The summed E-state index contributed by atoms with van der Waals surface area (Å²) in [6, 6.07) is 5.72. The van der Waals surface area contributed by atoms with Crippen LogP contribution in [0.15, 0.2) is 30.6 Å². The molecule has 1 rings (SSSR count). The first-order valence-electron chi connectivity index (χ1n) is 4.44. The van der Waals surface area contributed by atoms with Crippen molar-refractivity contribution in [3.8, 4) is 0 Å². The predicted molar refractivity (Wildman–Crippen MR) is 72.7 cm³/mol. The first kappa shape index (κ1) is 28.5. The smallest absolute Gasteiger partial charge is 0.0267 e. The van der Waals surface area contributed by atoms with E-state index >= 15 is 0 Å². The zero-order valence-electron chi connectivity index (χ0n) is 9.88. The van der Waals surface area contributed by atoms with Gasteiger partial charge in [0, 0.05) is 19.0 Å². The first-order valence-corrected chi connectivity index (χ1v) is 7.57. The molecular formula is C7H18NNaO9P2. The SMILES string of the molecule is CCO.O=P(O)(O)O.O=P(O)(O)O.[NaH].c1ccncc1. The van der Waals surface area contributed by atoms with E-state index < -0.39 is 15.6 Å². The van der Waals surface area contributed by atoms with Gasteiger partial charge in [-0.1, -0.05) is 6.07 Å². The summed E-state index contributed by atoms with van der Waals surface area (Å²) in [7, 11) is -9.28. The normalized spacial score (nSPS) is 9.20. The molecule has 0 atom stereocenters. The maximum absolute atomic E-state index is 8.88. The van der Waals surface area contributed by atoms with Crippen molar-refractivity contribution in [2.24, 2.45) is 0 Å². The van der Waals surface area contributed by atoms with Crippen LogP contribution in [0, 0.1) is 0 Å². The summed E-state index contributed by atoms with van der Waals surface area (Å²) in [5, 5.41) is 7.57. The Bertz CT molecular complexity index is 305. The van der Waals surface area contributed by atoms with Crippen LogP contribution in [-0.2, 0) is 9.13 Å². The second kappa shape index (κ2) is 17.4. The molecule has 0 aliphatic heterocycles. The minimum Gasteiger partial charge on any atom is -0.265 e. The van der Waals surface area contributed by atoms with Gasteiger partial charge in [-0.3, -0.25) is 4.98 Å². The molecule has 0 aliphatic rings. The third kappa shape index (κ3) is 137. The van der Waals surface area contributed by atoms with Gasteiger partial charge in [0.1, 0.15) is 0 Å². The van der Waals surface area contributed by atoms with E-state index in [1.165, 1.54) is 0 Å². The molecule has 7 N–H and O–H groups in total. The van der Waals surface area contributed by atoms with Gasteiger partial charge in [0.05, 0.1) is 0 Å². The van der Waals surface area contributed by atoms with E-state index in [4.69, 9.17) is 43.6 Å². The molecule has 0 saturated carbocycles. The zero-order valence-corrected chi connectivity index (χ0v) is 11.7. The average Bonchev–Trinajstić information content (AvgIpc) is 2.16. The Morgan fingerprint density at radius 1 is 0.850 bits per heavy atom. The second-order valence-corrected chi connectivity index (χ2v) is 4.42. The Morgan fingerprint density at radius 2 is 1.05 bits per heavy atom. The molecule has 0 aliphatic carbocycles. The fourth-order valence-electron chi connectivity index (χ4n) is 0.313. The molecule has 1 aromatic rings. The van der Waals surface area contributed by atoms with Crippen molar-refractivity contribution < 1.29 is 43.6 Å². The van der Waals surface area contributed by atoms with Crippen LogP contribution in [0.4, 0.5) is 0 Å². The topological polar surface area (TPSA) is 189 Å². The number of phosphoric acid groups is 2. The van der Waals surface area contributed by atoms with Crippen LogP contribution in [0.1, 0.15) is 6.92 Å². The molecule has 0 saturated heterocycles. The molecule has 13 heteroatoms. The number of aromatic nitrogens is 1. The van der Waals surface area contributed by atoms with Crippen LogP contribution in [-0.4, -0.2) is 75.6 Å². The van der Waals surface area contributed by atoms with E-state index in [2.05, 4.69) is 4.98 Å². The molecule has 20 heavy (non-hydrogen) atoms. The van der Waals surface area contributed by atoms with Gasteiger partial charge in [0.25, 0.3) is 0 Å². The fourth-order valence-corrected chi connectivity index (χ4v) is 0.313. The zero-order chi connectivity index (χ0) is 15.9. The van der Waals surface area contributed by atoms with Crippen LogP contribution in [0.3, 0.4) is 0 Å². The Kier molecular flexibility index (Phi) is 24.8. The van der Waals surface area contributed by atoms with E-state index in [0.717, 1.165) is 0 Å². The summed E-state index contributed by atoms with van der Waals surface area (Å²) in [6.45, 7) is 1.93. The summed E-state index contributed by atoms with van der Waals surface area (Å²) in [4.78, 5) is 46.9. The summed E-state index contributed by atoms with van der Waals surface area (Å²) in [5.41, 5.74) is 0. The second-order valence-electron chi connectivity index (χ2n) is 2.37. The molecule has 0 radical (unpaired) electrons. The average molecular weight is 345 g/mol. The van der Waals surface area contributed by atoms with E-state index in [1.54, 1.807) is 19.3 Å². The largest absolute Gasteiger partial charge is 0.265 e. The van der Waals surface area contributed by atoms with Crippen LogP contribution < -0.4 is 0 Å². The quantitative estimate of drug-likeness (QED) is 0.217. The predicted octanol–water partition coefficient (Wildman–Crippen LogP) is -1.43. The maximum Gasteiger partial charge on any atom is 0.0267 e. The molecule has 10 nitrogen and oxygen atoms in total. The molecule has 1 heterocycles. The maximum atomic E-state index is 8.88. The fraction of sp³-hybridized carbons (Fsp3) is 0.286. The van der Waals surface area contributed by atoms with Crippen LogP contribution in [0.25, 0.3) is 0 Å². The van der Waals surface area contributed by atoms with Crippen molar-refractivity contribution in [3.05, 3.63) is 30.6 Å². The number of hydrogen-bond acceptors (Lipinski definition) is 4. The van der Waals surface area contributed by atoms with Crippen LogP contribution in [0.5, 0.6) is 0 Å². The van der Waals surface area contributed by atoms with Gasteiger partial charge in [0.2, 0.25) is 0 Å². The summed E-state index contributed by atoms with van der Waals surface area (Å²) in [6.07, 6.45) is 3.50. The summed E-state index contributed by atoms with van der Waals surface area (Å²) < 4.78 is 17.8. The Hall–Kier alpha value is 0.330. The van der Waals surface area contributed by atoms with Gasteiger partial charge in [-0.15, -0.1) is 0 Å². The molecule has 0 bridgehead atoms. The van der Waals surface area contributed by atoms with Crippen molar-refractivity contribution in [2.75, 3.05) is 6.61 Å². The van der Waals surface area contributed by atoms with Crippen LogP contribution in [0.2, 0.25) is 0 Å². The molecular weight excluding hydrogens is 327 g/mol. The minimum atomic E-state index is -4.64. The van der Waals surface area contributed by atoms with Gasteiger partial charge in [-0.2, -0.15) is 0 Å². The monoisotopic (exact) mass is 345 g/mol. The summed E-state index contributed by atoms with van der Waals surface area (Å²) in [5.74, 6) is 0. The molecule has 0 amide bonds. The van der Waals surface area contributed by atoms with E-state index in [9.17, 15) is 0 Å². The van der Waals surface area contributed by atoms with Gasteiger partial charge in [0.15, 0.2) is 0 Å². The van der Waals surface area contributed by atoms with Gasteiger partial charge >= 0.3 is 45.2 Å². The van der Waals surface area contributed by atoms with E-state index in [0.29, 0.717) is 0 Å². The Morgan fingerprint density at radius 3 is 1.10 bits per heavy atom. The summed E-state index contributed by atoms with van der Waals surface area (Å²) >= 11 is 0. The number of aliphatic hydroxyl groups excluding tert-OH is 1. The number of pyridine rings is 1. The van der Waals surface area contributed by atoms with Crippen molar-refractivity contribution in [2.45, 2.75) is 6.92 Å². The third-order valence-corrected chi connectivity index (χ3v) is 0.566. The van der Waals surface area contributed by atoms with Crippen molar-refractivity contribution in [1.29, 1.82) is 0 Å². The van der Waals surface area contributed by atoms with Gasteiger partial charge in [-0.25, -0.2) is 9.13 Å². The number of nitrogens with zero attached hydrogens (tertiary/aromatic N) is 1. The minimum absolute atomic E-state index is 0. The molecule has 0 aromatic carbocycles. The van der Waals surface area contributed by atoms with Crippen molar-refractivity contribution >= 4 is 45.2 Å².